The molecule has 2 aromatic heterocycles. The highest BCUT2D eigenvalue weighted by atomic mass is 32.1. The van der Waals surface area contributed by atoms with Crippen molar-refractivity contribution in [2.45, 2.75) is 26.2 Å². The van der Waals surface area contributed by atoms with E-state index >= 15 is 0 Å². The zero-order valence-corrected chi connectivity index (χ0v) is 15.4. The Morgan fingerprint density at radius 2 is 2.21 bits per heavy atom. The standard InChI is InChI=1S/C18H20N2O2S2/c1-11-5-7-13-14(10-11)24-18(16(13)17(22)19-2)20-15(21)8-6-12-4-3-9-23-12/h3-4,6,8-9,11H,5,7,10H2,1-2H3,(H,19,22)(H,20,21)/b8-6+/t11-/m0/s1. The molecule has 0 spiro atoms. The zero-order valence-electron chi connectivity index (χ0n) is 13.7. The lowest BCUT2D eigenvalue weighted by Gasteiger charge is -2.18. The minimum Gasteiger partial charge on any atom is -0.355 e. The maximum absolute atomic E-state index is 12.3. The van der Waals surface area contributed by atoms with E-state index in [1.807, 2.05) is 17.5 Å². The monoisotopic (exact) mass is 360 g/mol. The molecule has 2 N–H and O–H groups in total. The van der Waals surface area contributed by atoms with Gasteiger partial charge in [-0.05, 0) is 48.3 Å². The first-order valence-corrected chi connectivity index (χ1v) is 9.67. The van der Waals surface area contributed by atoms with Crippen LogP contribution in [0.2, 0.25) is 0 Å². The van der Waals surface area contributed by atoms with Crippen LogP contribution in [-0.4, -0.2) is 18.9 Å². The molecule has 0 fully saturated rings. The van der Waals surface area contributed by atoms with Crippen molar-refractivity contribution in [3.05, 3.63) is 44.5 Å². The third kappa shape index (κ3) is 3.60. The van der Waals surface area contributed by atoms with E-state index in [4.69, 9.17) is 0 Å². The number of rotatable bonds is 4. The number of thiophene rings is 2. The summed E-state index contributed by atoms with van der Waals surface area (Å²) >= 11 is 3.11. The Bertz CT molecular complexity index is 775. The summed E-state index contributed by atoms with van der Waals surface area (Å²) < 4.78 is 0. The van der Waals surface area contributed by atoms with Crippen LogP contribution in [0.25, 0.3) is 6.08 Å². The van der Waals surface area contributed by atoms with Gasteiger partial charge in [-0.3, -0.25) is 9.59 Å². The summed E-state index contributed by atoms with van der Waals surface area (Å²) in [6.45, 7) is 2.23. The highest BCUT2D eigenvalue weighted by Crippen LogP contribution is 2.39. The van der Waals surface area contributed by atoms with Gasteiger partial charge in [-0.15, -0.1) is 22.7 Å². The van der Waals surface area contributed by atoms with Crippen molar-refractivity contribution in [3.63, 3.8) is 0 Å². The SMILES string of the molecule is CNC(=O)c1c(NC(=O)/C=C/c2cccs2)sc2c1CC[C@H](C)C2. The van der Waals surface area contributed by atoms with Gasteiger partial charge in [0, 0.05) is 22.9 Å². The van der Waals surface area contributed by atoms with Gasteiger partial charge in [0.05, 0.1) is 5.56 Å². The van der Waals surface area contributed by atoms with Crippen LogP contribution in [0.4, 0.5) is 5.00 Å². The number of hydrogen-bond donors (Lipinski definition) is 2. The largest absolute Gasteiger partial charge is 0.355 e. The topological polar surface area (TPSA) is 58.2 Å². The van der Waals surface area contributed by atoms with E-state index in [1.165, 1.54) is 22.3 Å². The van der Waals surface area contributed by atoms with Crippen LogP contribution < -0.4 is 10.6 Å². The Morgan fingerprint density at radius 1 is 1.38 bits per heavy atom. The van der Waals surface area contributed by atoms with Crippen LogP contribution in [0.5, 0.6) is 0 Å². The Morgan fingerprint density at radius 3 is 2.92 bits per heavy atom. The smallest absolute Gasteiger partial charge is 0.254 e. The molecule has 126 valence electrons. The summed E-state index contributed by atoms with van der Waals surface area (Å²) in [7, 11) is 1.63. The van der Waals surface area contributed by atoms with Gasteiger partial charge in [-0.25, -0.2) is 0 Å². The number of hydrogen-bond acceptors (Lipinski definition) is 4. The van der Waals surface area contributed by atoms with Crippen molar-refractivity contribution in [2.75, 3.05) is 12.4 Å². The number of nitrogens with one attached hydrogen (secondary N) is 2. The van der Waals surface area contributed by atoms with Crippen LogP contribution in [0, 0.1) is 5.92 Å². The molecule has 2 amide bonds. The molecule has 1 atom stereocenters. The third-order valence-corrected chi connectivity index (χ3v) is 6.15. The maximum Gasteiger partial charge on any atom is 0.254 e. The minimum atomic E-state index is -0.208. The number of carbonyl (C=O) groups is 2. The van der Waals surface area contributed by atoms with E-state index in [2.05, 4.69) is 17.6 Å². The molecule has 0 aliphatic heterocycles. The van der Waals surface area contributed by atoms with E-state index in [9.17, 15) is 9.59 Å². The molecule has 0 unspecified atom stereocenters. The summed E-state index contributed by atoms with van der Waals surface area (Å²) in [6, 6.07) is 3.90. The number of anilines is 1. The lowest BCUT2D eigenvalue weighted by Crippen LogP contribution is -2.22. The van der Waals surface area contributed by atoms with Crippen molar-refractivity contribution < 1.29 is 9.59 Å². The molecule has 1 aliphatic carbocycles. The van der Waals surface area contributed by atoms with Crippen LogP contribution in [-0.2, 0) is 17.6 Å². The molecular weight excluding hydrogens is 340 g/mol. The molecular formula is C18H20N2O2S2. The molecule has 0 saturated heterocycles. The predicted molar refractivity (Wildman–Crippen MR) is 101 cm³/mol. The van der Waals surface area contributed by atoms with Gasteiger partial charge >= 0.3 is 0 Å². The highest BCUT2D eigenvalue weighted by molar-refractivity contribution is 7.17. The molecule has 0 aromatic carbocycles. The van der Waals surface area contributed by atoms with Gasteiger partial charge < -0.3 is 10.6 Å². The Balaban J connectivity index is 1.84. The summed E-state index contributed by atoms with van der Waals surface area (Å²) in [4.78, 5) is 26.8. The predicted octanol–water partition coefficient (Wildman–Crippen LogP) is 3.95. The van der Waals surface area contributed by atoms with Gasteiger partial charge in [0.15, 0.2) is 0 Å². The fraction of sp³-hybridized carbons (Fsp3) is 0.333. The molecule has 3 rings (SSSR count). The minimum absolute atomic E-state index is 0.125. The second kappa shape index (κ2) is 7.32. The van der Waals surface area contributed by atoms with Crippen molar-refractivity contribution in [1.82, 2.24) is 5.32 Å². The lowest BCUT2D eigenvalue weighted by atomic mass is 9.88. The number of amides is 2. The van der Waals surface area contributed by atoms with Gasteiger partial charge in [-0.1, -0.05) is 13.0 Å². The quantitative estimate of drug-likeness (QED) is 0.811. The van der Waals surface area contributed by atoms with Gasteiger partial charge in [0.1, 0.15) is 5.00 Å². The van der Waals surface area contributed by atoms with Crippen molar-refractivity contribution in [3.8, 4) is 0 Å². The summed E-state index contributed by atoms with van der Waals surface area (Å²) in [5.74, 6) is 0.288. The van der Waals surface area contributed by atoms with E-state index in [0.717, 1.165) is 29.7 Å². The van der Waals surface area contributed by atoms with Crippen LogP contribution in [0.1, 0.15) is 39.0 Å². The Hall–Kier alpha value is -1.92. The van der Waals surface area contributed by atoms with Crippen molar-refractivity contribution >= 4 is 45.6 Å². The van der Waals surface area contributed by atoms with E-state index in [-0.39, 0.29) is 11.8 Å². The molecule has 1 aliphatic rings. The average Bonchev–Trinajstić information content (AvgIpc) is 3.19. The number of carbonyl (C=O) groups excluding carboxylic acids is 2. The fourth-order valence-corrected chi connectivity index (χ4v) is 4.93. The average molecular weight is 361 g/mol. The second-order valence-corrected chi connectivity index (χ2v) is 8.06. The number of fused-ring (bicyclic) bond motifs is 1. The molecule has 2 heterocycles. The summed E-state index contributed by atoms with van der Waals surface area (Å²) in [5.41, 5.74) is 1.75. The van der Waals surface area contributed by atoms with E-state index in [1.54, 1.807) is 24.5 Å². The first-order valence-electron chi connectivity index (χ1n) is 7.97. The van der Waals surface area contributed by atoms with E-state index < -0.39 is 0 Å². The molecule has 4 nitrogen and oxygen atoms in total. The third-order valence-electron chi connectivity index (χ3n) is 4.14. The maximum atomic E-state index is 12.3. The molecule has 0 radical (unpaired) electrons. The Kier molecular flexibility index (Phi) is 5.16. The van der Waals surface area contributed by atoms with E-state index in [0.29, 0.717) is 16.5 Å². The van der Waals surface area contributed by atoms with Gasteiger partial charge in [0.2, 0.25) is 5.91 Å². The molecule has 2 aromatic rings. The van der Waals surface area contributed by atoms with Gasteiger partial charge in [0.25, 0.3) is 5.91 Å². The van der Waals surface area contributed by atoms with Crippen molar-refractivity contribution in [2.24, 2.45) is 5.92 Å². The first kappa shape index (κ1) is 16.9. The van der Waals surface area contributed by atoms with Crippen LogP contribution in [0.3, 0.4) is 0 Å². The van der Waals surface area contributed by atoms with Crippen molar-refractivity contribution in [1.29, 1.82) is 0 Å². The second-order valence-electron chi connectivity index (χ2n) is 5.97. The highest BCUT2D eigenvalue weighted by Gasteiger charge is 2.27. The Labute approximate surface area is 149 Å². The first-order chi connectivity index (χ1) is 11.6. The molecule has 0 saturated carbocycles. The molecule has 24 heavy (non-hydrogen) atoms. The summed E-state index contributed by atoms with van der Waals surface area (Å²) in [6.07, 6.45) is 6.26. The molecule has 0 bridgehead atoms. The lowest BCUT2D eigenvalue weighted by molar-refractivity contribution is -0.111. The summed E-state index contributed by atoms with van der Waals surface area (Å²) in [5, 5.41) is 8.22. The van der Waals surface area contributed by atoms with Crippen LogP contribution >= 0.6 is 22.7 Å². The normalized spacial score (nSPS) is 16.8. The zero-order chi connectivity index (χ0) is 17.1. The fourth-order valence-electron chi connectivity index (χ4n) is 2.90. The molecule has 6 heteroatoms. The van der Waals surface area contributed by atoms with Gasteiger partial charge in [-0.2, -0.15) is 0 Å². The van der Waals surface area contributed by atoms with Crippen LogP contribution in [0.15, 0.2) is 23.6 Å².